The number of hydrogen-bond donors (Lipinski definition) is 4. The van der Waals surface area contributed by atoms with Crippen molar-refractivity contribution in [1.29, 1.82) is 0 Å². The van der Waals surface area contributed by atoms with Gasteiger partial charge in [0.15, 0.2) is 0 Å². The van der Waals surface area contributed by atoms with E-state index in [0.29, 0.717) is 64.7 Å². The molecule has 256 valence electrons. The van der Waals surface area contributed by atoms with E-state index in [2.05, 4.69) is 36.8 Å². The zero-order valence-electron chi connectivity index (χ0n) is 26.0. The van der Waals surface area contributed by atoms with Crippen LogP contribution in [0.25, 0.3) is 0 Å². The topological polar surface area (TPSA) is 126 Å². The first kappa shape index (κ1) is 33.8. The molecule has 3 fully saturated rings. The largest absolute Gasteiger partial charge is 0.418 e. The first-order valence-electron chi connectivity index (χ1n) is 16.1. The average molecular weight is 742 g/mol. The van der Waals surface area contributed by atoms with Crippen molar-refractivity contribution in [3.8, 4) is 0 Å². The zero-order valence-corrected chi connectivity index (χ0v) is 28.4. The number of piperazine rings is 1. The summed E-state index contributed by atoms with van der Waals surface area (Å²) in [4.78, 5) is 47.8. The molecule has 3 saturated heterocycles. The Labute approximate surface area is 284 Å². The summed E-state index contributed by atoms with van der Waals surface area (Å²) < 4.78 is 41.5. The van der Waals surface area contributed by atoms with Gasteiger partial charge in [0.25, 0.3) is 0 Å². The van der Waals surface area contributed by atoms with Gasteiger partial charge in [-0.05, 0) is 83.8 Å². The Kier molecular flexibility index (Phi) is 10.2. The number of nitrogens with zero attached hydrogens (tertiary/aromatic N) is 4. The summed E-state index contributed by atoms with van der Waals surface area (Å²) >= 11 is 4.63. The van der Waals surface area contributed by atoms with E-state index in [0.717, 1.165) is 42.6 Å². The van der Waals surface area contributed by atoms with Crippen LogP contribution in [0.1, 0.15) is 42.4 Å². The molecule has 0 saturated carbocycles. The number of nitrogens with one attached hydrogen (secondary N) is 3. The smallest absolute Gasteiger partial charge is 0.397 e. The van der Waals surface area contributed by atoms with Crippen LogP contribution in [-0.4, -0.2) is 108 Å². The number of anilines is 2. The molecule has 5 amide bonds. The molecule has 0 radical (unpaired) electrons. The number of rotatable bonds is 6. The number of thiophene rings is 1. The molecule has 0 bridgehead atoms. The van der Waals surface area contributed by atoms with Crippen molar-refractivity contribution >= 4 is 55.9 Å². The minimum Gasteiger partial charge on any atom is -0.397 e. The zero-order chi connectivity index (χ0) is 33.3. The van der Waals surface area contributed by atoms with Crippen molar-refractivity contribution in [3.63, 3.8) is 0 Å². The highest BCUT2D eigenvalue weighted by atomic mass is 79.9. The highest BCUT2D eigenvalue weighted by molar-refractivity contribution is 9.10. The Bertz CT molecular complexity index is 1470. The highest BCUT2D eigenvalue weighted by Gasteiger charge is 2.37. The SMILES string of the molecule is Nc1c(Br)cc(C[C@@H](NC(=O)N2CCC(N3Cc4ccsc4NC3=O)CC2)C(=O)N2CCN(C3CCNCC3)CC2)cc1C(F)(F)F. The number of likely N-dealkylation sites (tertiary alicyclic amines) is 1. The number of benzene rings is 1. The van der Waals surface area contributed by atoms with Gasteiger partial charge in [0, 0.05) is 67.8 Å². The van der Waals surface area contributed by atoms with Crippen molar-refractivity contribution in [2.24, 2.45) is 0 Å². The molecule has 2 aromatic rings. The Morgan fingerprint density at radius 2 is 1.72 bits per heavy atom. The second kappa shape index (κ2) is 14.2. The molecule has 47 heavy (non-hydrogen) atoms. The predicted molar refractivity (Wildman–Crippen MR) is 177 cm³/mol. The summed E-state index contributed by atoms with van der Waals surface area (Å²) in [5, 5.41) is 12.0. The van der Waals surface area contributed by atoms with Crippen LogP contribution >= 0.6 is 27.3 Å². The van der Waals surface area contributed by atoms with E-state index in [4.69, 9.17) is 5.73 Å². The minimum atomic E-state index is -4.68. The average Bonchev–Trinajstić information content (AvgIpc) is 3.52. The maximum absolute atomic E-state index is 14.0. The predicted octanol–water partition coefficient (Wildman–Crippen LogP) is 4.14. The second-order valence-corrected chi connectivity index (χ2v) is 14.4. The molecular formula is C31H40BrF3N8O3S. The molecule has 6 rings (SSSR count). The summed E-state index contributed by atoms with van der Waals surface area (Å²) in [6.45, 7) is 5.55. The van der Waals surface area contributed by atoms with Crippen molar-refractivity contribution < 1.29 is 27.6 Å². The third-order valence-electron chi connectivity index (χ3n) is 9.74. The van der Waals surface area contributed by atoms with Gasteiger partial charge in [0.1, 0.15) is 11.0 Å². The summed E-state index contributed by atoms with van der Waals surface area (Å²) in [6, 6.07) is 3.15. The molecule has 5 heterocycles. The van der Waals surface area contributed by atoms with E-state index in [9.17, 15) is 27.6 Å². The number of amides is 5. The number of piperidine rings is 2. The Morgan fingerprint density at radius 3 is 2.40 bits per heavy atom. The molecule has 11 nitrogen and oxygen atoms in total. The third-order valence-corrected chi connectivity index (χ3v) is 11.3. The van der Waals surface area contributed by atoms with Gasteiger partial charge >= 0.3 is 18.2 Å². The number of carbonyl (C=O) groups is 3. The summed E-state index contributed by atoms with van der Waals surface area (Å²) in [6.07, 6.45) is -1.58. The number of nitrogens with two attached hydrogens (primary N) is 1. The van der Waals surface area contributed by atoms with Gasteiger partial charge in [-0.15, -0.1) is 11.3 Å². The number of carbonyl (C=O) groups excluding carboxylic acids is 3. The Hall–Kier alpha value is -3.08. The van der Waals surface area contributed by atoms with Gasteiger partial charge in [-0.25, -0.2) is 9.59 Å². The quantitative estimate of drug-likeness (QED) is 0.330. The van der Waals surface area contributed by atoms with E-state index in [1.807, 2.05) is 11.4 Å². The van der Waals surface area contributed by atoms with E-state index < -0.39 is 29.5 Å². The molecule has 4 aliphatic heterocycles. The molecule has 1 aromatic carbocycles. The maximum atomic E-state index is 14.0. The third kappa shape index (κ3) is 7.65. The lowest BCUT2D eigenvalue weighted by Gasteiger charge is -2.42. The van der Waals surface area contributed by atoms with Crippen molar-refractivity contribution in [2.75, 3.05) is 63.4 Å². The fourth-order valence-electron chi connectivity index (χ4n) is 7.07. The van der Waals surface area contributed by atoms with E-state index in [-0.39, 0.29) is 34.4 Å². The lowest BCUT2D eigenvalue weighted by Crippen LogP contribution is -2.59. The van der Waals surface area contributed by atoms with E-state index >= 15 is 0 Å². The van der Waals surface area contributed by atoms with Crippen LogP contribution in [0.3, 0.4) is 0 Å². The van der Waals surface area contributed by atoms with Gasteiger partial charge in [0.2, 0.25) is 5.91 Å². The lowest BCUT2D eigenvalue weighted by atomic mass is 10.00. The standard InChI is InChI=1S/C31H40BrF3N8O3S/c32-24-16-19(15-23(26(24)36)31(33,34)35)17-25(28(44)41-12-10-40(11-13-41)21-1-6-37-7-2-21)38-29(45)42-8-3-22(4-9-42)43-18-20-5-14-47-27(20)39-30(43)46/h5,14-16,21-22,25,37H,1-4,6-13,17-18,36H2,(H,38,45)(H,39,46)/t25-/m1/s1. The Balaban J connectivity index is 1.13. The number of fused-ring (bicyclic) bond motifs is 1. The molecule has 0 unspecified atom stereocenters. The first-order chi connectivity index (χ1) is 22.5. The fraction of sp³-hybridized carbons (Fsp3) is 0.581. The monoisotopic (exact) mass is 740 g/mol. The highest BCUT2D eigenvalue weighted by Crippen LogP contribution is 2.38. The number of alkyl halides is 3. The van der Waals surface area contributed by atoms with Gasteiger partial charge in [-0.3, -0.25) is 15.0 Å². The van der Waals surface area contributed by atoms with E-state index in [1.165, 1.54) is 17.4 Å². The van der Waals surface area contributed by atoms with Gasteiger partial charge in [0.05, 0.1) is 17.8 Å². The van der Waals surface area contributed by atoms with Crippen LogP contribution in [-0.2, 0) is 23.9 Å². The minimum absolute atomic E-state index is 0.0475. The van der Waals surface area contributed by atoms with Crippen LogP contribution in [0.15, 0.2) is 28.1 Å². The second-order valence-electron chi connectivity index (χ2n) is 12.6. The van der Waals surface area contributed by atoms with Crippen molar-refractivity contribution in [3.05, 3.63) is 44.7 Å². The maximum Gasteiger partial charge on any atom is 0.418 e. The van der Waals surface area contributed by atoms with Crippen LogP contribution in [0, 0.1) is 0 Å². The van der Waals surface area contributed by atoms with Crippen molar-refractivity contribution in [1.82, 2.24) is 30.2 Å². The molecule has 4 aliphatic rings. The van der Waals surface area contributed by atoms with Gasteiger partial charge < -0.3 is 31.1 Å². The molecule has 0 spiro atoms. The summed E-state index contributed by atoms with van der Waals surface area (Å²) in [5.41, 5.74) is 5.61. The van der Waals surface area contributed by atoms with Crippen molar-refractivity contribution in [2.45, 2.75) is 63.0 Å². The Morgan fingerprint density at radius 1 is 1.02 bits per heavy atom. The van der Waals surface area contributed by atoms with Crippen LogP contribution < -0.4 is 21.7 Å². The van der Waals surface area contributed by atoms with Crippen LogP contribution in [0.4, 0.5) is 33.4 Å². The number of halogens is 4. The molecular weight excluding hydrogens is 701 g/mol. The molecule has 0 aliphatic carbocycles. The van der Waals surface area contributed by atoms with Crippen LogP contribution in [0.2, 0.25) is 0 Å². The molecule has 1 aromatic heterocycles. The van der Waals surface area contributed by atoms with Gasteiger partial charge in [-0.1, -0.05) is 0 Å². The fourth-order valence-corrected chi connectivity index (χ4v) is 8.38. The number of urea groups is 2. The molecule has 5 N–H and O–H groups in total. The first-order valence-corrected chi connectivity index (χ1v) is 17.7. The summed E-state index contributed by atoms with van der Waals surface area (Å²) in [5.74, 6) is -0.323. The molecule has 1 atom stereocenters. The van der Waals surface area contributed by atoms with E-state index in [1.54, 1.807) is 14.7 Å². The number of nitrogen functional groups attached to an aromatic ring is 1. The lowest BCUT2D eigenvalue weighted by molar-refractivity contribution is -0.137. The van der Waals surface area contributed by atoms with Crippen LogP contribution in [0.5, 0.6) is 0 Å². The number of hydrogen-bond acceptors (Lipinski definition) is 7. The summed E-state index contributed by atoms with van der Waals surface area (Å²) in [7, 11) is 0. The normalized spacial score (nSPS) is 20.9. The van der Waals surface area contributed by atoms with Gasteiger partial charge in [-0.2, -0.15) is 13.2 Å². The molecule has 16 heteroatoms.